The average molecular weight is 230 g/mol. The average Bonchev–Trinajstić information content (AvgIpc) is 2.85. The highest BCUT2D eigenvalue weighted by Gasteiger charge is 2.31. The summed E-state index contributed by atoms with van der Waals surface area (Å²) in [6.07, 6.45) is 5.04. The van der Waals surface area contributed by atoms with Gasteiger partial charge in [0.2, 0.25) is 0 Å². The standard InChI is InChI=1S/C15H22N2/c1-11-9-12-5-2-3-8-15(12)17(11)10-13-6-4-7-14(13)16/h2-3,5,8,11,13-14H,4,6-7,9-10,16H2,1H3. The molecule has 2 nitrogen and oxygen atoms in total. The summed E-state index contributed by atoms with van der Waals surface area (Å²) in [5.74, 6) is 0.698. The smallest absolute Gasteiger partial charge is 0.0402 e. The first-order valence-corrected chi connectivity index (χ1v) is 6.86. The molecule has 1 aliphatic heterocycles. The molecule has 0 spiro atoms. The van der Waals surface area contributed by atoms with Crippen LogP contribution in [0.1, 0.15) is 31.7 Å². The first-order chi connectivity index (χ1) is 8.25. The highest BCUT2D eigenvalue weighted by Crippen LogP contribution is 2.34. The van der Waals surface area contributed by atoms with Gasteiger partial charge in [0.15, 0.2) is 0 Å². The molecule has 92 valence electrons. The highest BCUT2D eigenvalue weighted by molar-refractivity contribution is 5.59. The van der Waals surface area contributed by atoms with E-state index in [4.69, 9.17) is 5.73 Å². The van der Waals surface area contributed by atoms with Gasteiger partial charge in [0.05, 0.1) is 0 Å². The summed E-state index contributed by atoms with van der Waals surface area (Å²) in [6, 6.07) is 9.89. The molecule has 2 N–H and O–H groups in total. The monoisotopic (exact) mass is 230 g/mol. The lowest BCUT2D eigenvalue weighted by Crippen LogP contribution is -2.39. The van der Waals surface area contributed by atoms with Crippen molar-refractivity contribution in [2.75, 3.05) is 11.4 Å². The second-order valence-corrected chi connectivity index (χ2v) is 5.69. The molecule has 0 bridgehead atoms. The Kier molecular flexibility index (Phi) is 2.83. The summed E-state index contributed by atoms with van der Waals surface area (Å²) in [7, 11) is 0. The van der Waals surface area contributed by atoms with Gasteiger partial charge in [0, 0.05) is 24.3 Å². The van der Waals surface area contributed by atoms with Crippen LogP contribution in [0.3, 0.4) is 0 Å². The van der Waals surface area contributed by atoms with Crippen LogP contribution in [0.15, 0.2) is 24.3 Å². The van der Waals surface area contributed by atoms with Gasteiger partial charge < -0.3 is 10.6 Å². The summed E-state index contributed by atoms with van der Waals surface area (Å²) in [6.45, 7) is 3.49. The van der Waals surface area contributed by atoms with Crippen molar-refractivity contribution in [1.82, 2.24) is 0 Å². The number of para-hydroxylation sites is 1. The summed E-state index contributed by atoms with van der Waals surface area (Å²) >= 11 is 0. The fourth-order valence-corrected chi connectivity index (χ4v) is 3.45. The number of anilines is 1. The molecule has 3 unspecified atom stereocenters. The Morgan fingerprint density at radius 2 is 2.12 bits per heavy atom. The van der Waals surface area contributed by atoms with Gasteiger partial charge in [-0.1, -0.05) is 24.6 Å². The van der Waals surface area contributed by atoms with Crippen LogP contribution in [-0.2, 0) is 6.42 Å². The van der Waals surface area contributed by atoms with Crippen molar-refractivity contribution in [3.8, 4) is 0 Å². The maximum absolute atomic E-state index is 6.20. The van der Waals surface area contributed by atoms with Crippen molar-refractivity contribution >= 4 is 5.69 Å². The Hall–Kier alpha value is -1.02. The van der Waals surface area contributed by atoms with Gasteiger partial charge in [-0.3, -0.25) is 0 Å². The SMILES string of the molecule is CC1Cc2ccccc2N1CC1CCCC1N. The van der Waals surface area contributed by atoms with Gasteiger partial charge in [-0.25, -0.2) is 0 Å². The van der Waals surface area contributed by atoms with Crippen LogP contribution in [0.4, 0.5) is 5.69 Å². The molecule has 0 aromatic heterocycles. The van der Waals surface area contributed by atoms with Crippen molar-refractivity contribution in [1.29, 1.82) is 0 Å². The lowest BCUT2D eigenvalue weighted by atomic mass is 10.0. The molecule has 1 aromatic rings. The van der Waals surface area contributed by atoms with Crippen molar-refractivity contribution in [2.45, 2.75) is 44.7 Å². The zero-order valence-corrected chi connectivity index (χ0v) is 10.6. The first kappa shape index (κ1) is 11.1. The zero-order chi connectivity index (χ0) is 11.8. The number of rotatable bonds is 2. The molecule has 17 heavy (non-hydrogen) atoms. The fraction of sp³-hybridized carbons (Fsp3) is 0.600. The van der Waals surface area contributed by atoms with Crippen LogP contribution in [0.25, 0.3) is 0 Å². The van der Waals surface area contributed by atoms with E-state index in [0.717, 1.165) is 6.54 Å². The minimum Gasteiger partial charge on any atom is -0.368 e. The normalized spacial score (nSPS) is 31.9. The van der Waals surface area contributed by atoms with Crippen LogP contribution >= 0.6 is 0 Å². The van der Waals surface area contributed by atoms with E-state index in [1.807, 2.05) is 0 Å². The van der Waals surface area contributed by atoms with Crippen molar-refractivity contribution in [3.63, 3.8) is 0 Å². The third kappa shape index (κ3) is 1.95. The number of nitrogens with zero attached hydrogens (tertiary/aromatic N) is 1. The Morgan fingerprint density at radius 3 is 2.88 bits per heavy atom. The molecule has 0 amide bonds. The topological polar surface area (TPSA) is 29.3 Å². The van der Waals surface area contributed by atoms with E-state index < -0.39 is 0 Å². The predicted octanol–water partition coefficient (Wildman–Crippen LogP) is 2.57. The van der Waals surface area contributed by atoms with Gasteiger partial charge in [-0.15, -0.1) is 0 Å². The number of hydrogen-bond donors (Lipinski definition) is 1. The van der Waals surface area contributed by atoms with Crippen molar-refractivity contribution < 1.29 is 0 Å². The molecule has 2 aliphatic rings. The molecule has 1 aromatic carbocycles. The maximum Gasteiger partial charge on any atom is 0.0402 e. The molecule has 1 fully saturated rings. The van der Waals surface area contributed by atoms with Gasteiger partial charge >= 0.3 is 0 Å². The van der Waals surface area contributed by atoms with Crippen molar-refractivity contribution in [2.24, 2.45) is 11.7 Å². The van der Waals surface area contributed by atoms with E-state index in [-0.39, 0.29) is 0 Å². The highest BCUT2D eigenvalue weighted by atomic mass is 15.2. The third-order valence-electron chi connectivity index (χ3n) is 4.50. The molecule has 1 aliphatic carbocycles. The minimum absolute atomic E-state index is 0.426. The molecule has 0 saturated heterocycles. The molecule has 3 atom stereocenters. The lowest BCUT2D eigenvalue weighted by molar-refractivity contribution is 0.460. The van der Waals surface area contributed by atoms with E-state index in [1.165, 1.54) is 36.9 Å². The minimum atomic E-state index is 0.426. The Bertz CT molecular complexity index is 402. The molecule has 1 saturated carbocycles. The predicted molar refractivity (Wildman–Crippen MR) is 72.3 cm³/mol. The maximum atomic E-state index is 6.20. The number of fused-ring (bicyclic) bond motifs is 1. The quantitative estimate of drug-likeness (QED) is 0.846. The van der Waals surface area contributed by atoms with Crippen LogP contribution in [0.2, 0.25) is 0 Å². The summed E-state index contributed by atoms with van der Waals surface area (Å²) in [5, 5.41) is 0. The number of benzene rings is 1. The molecule has 1 heterocycles. The fourth-order valence-electron chi connectivity index (χ4n) is 3.45. The second kappa shape index (κ2) is 4.34. The van der Waals surface area contributed by atoms with Crippen LogP contribution in [-0.4, -0.2) is 18.6 Å². The molecule has 2 heteroatoms. The summed E-state index contributed by atoms with van der Waals surface area (Å²) < 4.78 is 0. The summed E-state index contributed by atoms with van der Waals surface area (Å²) in [4.78, 5) is 2.57. The van der Waals surface area contributed by atoms with E-state index in [2.05, 4.69) is 36.1 Å². The Labute approximate surface area is 104 Å². The zero-order valence-electron chi connectivity index (χ0n) is 10.6. The number of nitrogens with two attached hydrogens (primary N) is 1. The van der Waals surface area contributed by atoms with E-state index in [0.29, 0.717) is 18.0 Å². The molecular weight excluding hydrogens is 208 g/mol. The second-order valence-electron chi connectivity index (χ2n) is 5.69. The van der Waals surface area contributed by atoms with Gasteiger partial charge in [0.25, 0.3) is 0 Å². The van der Waals surface area contributed by atoms with Gasteiger partial charge in [-0.05, 0) is 43.7 Å². The molecule has 0 radical (unpaired) electrons. The number of hydrogen-bond acceptors (Lipinski definition) is 2. The van der Waals surface area contributed by atoms with E-state index in [1.54, 1.807) is 0 Å². The van der Waals surface area contributed by atoms with Crippen LogP contribution < -0.4 is 10.6 Å². The largest absolute Gasteiger partial charge is 0.368 e. The van der Waals surface area contributed by atoms with E-state index in [9.17, 15) is 0 Å². The Balaban J connectivity index is 1.79. The van der Waals surface area contributed by atoms with Crippen LogP contribution in [0.5, 0.6) is 0 Å². The Morgan fingerprint density at radius 1 is 1.29 bits per heavy atom. The van der Waals surface area contributed by atoms with Crippen LogP contribution in [0, 0.1) is 5.92 Å². The molecule has 3 rings (SSSR count). The lowest BCUT2D eigenvalue weighted by Gasteiger charge is -2.29. The summed E-state index contributed by atoms with van der Waals surface area (Å²) in [5.41, 5.74) is 9.15. The van der Waals surface area contributed by atoms with Crippen molar-refractivity contribution in [3.05, 3.63) is 29.8 Å². The third-order valence-corrected chi connectivity index (χ3v) is 4.50. The first-order valence-electron chi connectivity index (χ1n) is 6.86. The van der Waals surface area contributed by atoms with E-state index >= 15 is 0 Å². The van der Waals surface area contributed by atoms with Gasteiger partial charge in [-0.2, -0.15) is 0 Å². The van der Waals surface area contributed by atoms with Gasteiger partial charge in [0.1, 0.15) is 0 Å². The molecular formula is C15H22N2.